The largest absolute Gasteiger partial charge is 0.480 e. The van der Waals surface area contributed by atoms with Crippen molar-refractivity contribution in [2.24, 2.45) is 10.7 Å². The summed E-state index contributed by atoms with van der Waals surface area (Å²) in [5.74, 6) is -1.21. The number of nitrogens with two attached hydrogens (primary N) is 1. The molecule has 1 unspecified atom stereocenters. The number of nitrogens with zero attached hydrogens (tertiary/aromatic N) is 1. The summed E-state index contributed by atoms with van der Waals surface area (Å²) in [5.41, 5.74) is 4.91. The van der Waals surface area contributed by atoms with E-state index in [1.165, 1.54) is 0 Å². The van der Waals surface area contributed by atoms with Crippen LogP contribution in [0.5, 0.6) is 0 Å². The second-order valence-electron chi connectivity index (χ2n) is 1.31. The van der Waals surface area contributed by atoms with E-state index in [1.54, 1.807) is 0 Å². The Labute approximate surface area is 51.2 Å². The summed E-state index contributed by atoms with van der Waals surface area (Å²) in [6.45, 7) is -0.176. The summed E-state index contributed by atoms with van der Waals surface area (Å²) in [7, 11) is 0. The molecule has 9 heavy (non-hydrogen) atoms. The molecule has 5 heteroatoms. The van der Waals surface area contributed by atoms with Gasteiger partial charge >= 0.3 is 5.97 Å². The number of carboxylic acid groups (broad SMARTS) is 1. The Balaban J connectivity index is 3.98. The van der Waals surface area contributed by atoms with Crippen LogP contribution >= 0.6 is 0 Å². The fraction of sp³-hybridized carbons (Fsp3) is 0.500. The van der Waals surface area contributed by atoms with Gasteiger partial charge in [0.15, 0.2) is 6.04 Å². The standard InChI is InChI=1S/C4H6N2O3/c5-1-3(4(8)9)6-2-7/h3H,1,5H2,(H,8,9). The average Bonchev–Trinajstić information content (AvgIpc) is 1.82. The van der Waals surface area contributed by atoms with Crippen molar-refractivity contribution < 1.29 is 14.7 Å². The van der Waals surface area contributed by atoms with E-state index in [0.29, 0.717) is 0 Å². The first-order valence-corrected chi connectivity index (χ1v) is 2.22. The van der Waals surface area contributed by atoms with Gasteiger partial charge in [0.2, 0.25) is 6.08 Å². The molecule has 0 aliphatic heterocycles. The van der Waals surface area contributed by atoms with Crippen molar-refractivity contribution in [1.29, 1.82) is 0 Å². The molecular weight excluding hydrogens is 124 g/mol. The maximum atomic E-state index is 9.97. The van der Waals surface area contributed by atoms with Gasteiger partial charge in [0.1, 0.15) is 0 Å². The summed E-state index contributed by atoms with van der Waals surface area (Å²) in [6, 6.07) is -1.14. The Hall–Kier alpha value is -1.19. The van der Waals surface area contributed by atoms with Crippen molar-refractivity contribution in [1.82, 2.24) is 0 Å². The molecule has 0 aliphatic carbocycles. The predicted octanol–water partition coefficient (Wildman–Crippen LogP) is -1.27. The van der Waals surface area contributed by atoms with E-state index in [0.717, 1.165) is 6.08 Å². The zero-order chi connectivity index (χ0) is 7.28. The third kappa shape index (κ3) is 2.58. The summed E-state index contributed by atoms with van der Waals surface area (Å²) in [6.07, 6.45) is 1.11. The van der Waals surface area contributed by atoms with Crippen LogP contribution in [0.1, 0.15) is 0 Å². The maximum Gasteiger partial charge on any atom is 0.330 e. The summed E-state index contributed by atoms with van der Waals surface area (Å²) in [4.78, 5) is 22.3. The minimum Gasteiger partial charge on any atom is -0.480 e. The minimum absolute atomic E-state index is 0.176. The van der Waals surface area contributed by atoms with E-state index in [1.807, 2.05) is 0 Å². The first-order valence-electron chi connectivity index (χ1n) is 2.22. The van der Waals surface area contributed by atoms with Crippen LogP contribution in [0.4, 0.5) is 0 Å². The average molecular weight is 130 g/mol. The van der Waals surface area contributed by atoms with Gasteiger partial charge in [0, 0.05) is 6.54 Å². The van der Waals surface area contributed by atoms with Crippen molar-refractivity contribution in [2.75, 3.05) is 6.54 Å². The smallest absolute Gasteiger partial charge is 0.330 e. The number of carboxylic acids is 1. The predicted molar refractivity (Wildman–Crippen MR) is 28.6 cm³/mol. The molecule has 0 saturated heterocycles. The third-order valence-electron chi connectivity index (χ3n) is 0.717. The number of carbonyl (C=O) groups is 1. The zero-order valence-corrected chi connectivity index (χ0v) is 4.57. The molecule has 0 rings (SSSR count). The van der Waals surface area contributed by atoms with Crippen molar-refractivity contribution in [3.8, 4) is 0 Å². The molecule has 5 nitrogen and oxygen atoms in total. The Morgan fingerprint density at radius 3 is 2.56 bits per heavy atom. The van der Waals surface area contributed by atoms with Crippen molar-refractivity contribution in [3.05, 3.63) is 0 Å². The Kier molecular flexibility index (Phi) is 3.27. The highest BCUT2D eigenvalue weighted by Gasteiger charge is 2.12. The molecule has 0 amide bonds. The molecule has 0 spiro atoms. The summed E-state index contributed by atoms with van der Waals surface area (Å²) in [5, 5.41) is 8.15. The minimum atomic E-state index is -1.21. The first kappa shape index (κ1) is 7.81. The third-order valence-corrected chi connectivity index (χ3v) is 0.717. The molecule has 0 aromatic carbocycles. The number of rotatable bonds is 3. The van der Waals surface area contributed by atoms with E-state index in [4.69, 9.17) is 10.8 Å². The molecule has 0 fully saturated rings. The molecule has 0 heterocycles. The lowest BCUT2D eigenvalue weighted by Gasteiger charge is -1.96. The number of isocyanates is 1. The first-order chi connectivity index (χ1) is 4.22. The van der Waals surface area contributed by atoms with Gasteiger partial charge in [-0.25, -0.2) is 9.59 Å². The van der Waals surface area contributed by atoms with Gasteiger partial charge in [-0.15, -0.1) is 0 Å². The van der Waals surface area contributed by atoms with E-state index in [2.05, 4.69) is 4.99 Å². The van der Waals surface area contributed by atoms with Crippen molar-refractivity contribution in [2.45, 2.75) is 6.04 Å². The van der Waals surface area contributed by atoms with E-state index >= 15 is 0 Å². The molecular formula is C4H6N2O3. The lowest BCUT2D eigenvalue weighted by atomic mass is 10.3. The molecule has 0 bridgehead atoms. The number of aliphatic imine (C=N–C) groups is 1. The number of hydrogen-bond donors (Lipinski definition) is 2. The number of carbonyl (C=O) groups excluding carboxylic acids is 1. The van der Waals surface area contributed by atoms with Crippen LogP contribution in [0.25, 0.3) is 0 Å². The molecule has 1 atom stereocenters. The zero-order valence-electron chi connectivity index (χ0n) is 4.57. The van der Waals surface area contributed by atoms with Crippen LogP contribution in [-0.4, -0.2) is 29.7 Å². The highest BCUT2D eigenvalue weighted by molar-refractivity contribution is 5.74. The quantitative estimate of drug-likeness (QED) is 0.368. The fourth-order valence-electron chi connectivity index (χ4n) is 0.272. The second-order valence-corrected chi connectivity index (χ2v) is 1.31. The van der Waals surface area contributed by atoms with E-state index in [9.17, 15) is 9.59 Å². The monoisotopic (exact) mass is 130 g/mol. The highest BCUT2D eigenvalue weighted by atomic mass is 16.4. The Bertz CT molecular complexity index is 148. The lowest BCUT2D eigenvalue weighted by Crippen LogP contribution is -2.26. The fourth-order valence-corrected chi connectivity index (χ4v) is 0.272. The summed E-state index contributed by atoms with van der Waals surface area (Å²) < 4.78 is 0. The van der Waals surface area contributed by atoms with E-state index in [-0.39, 0.29) is 6.54 Å². The molecule has 3 N–H and O–H groups in total. The van der Waals surface area contributed by atoms with Crippen LogP contribution in [0, 0.1) is 0 Å². The van der Waals surface area contributed by atoms with Crippen molar-refractivity contribution in [3.63, 3.8) is 0 Å². The van der Waals surface area contributed by atoms with Crippen LogP contribution in [0.3, 0.4) is 0 Å². The normalized spacial score (nSPS) is 11.7. The van der Waals surface area contributed by atoms with Crippen LogP contribution < -0.4 is 5.73 Å². The van der Waals surface area contributed by atoms with Gasteiger partial charge in [-0.3, -0.25) is 0 Å². The molecule has 0 aliphatic rings. The molecule has 0 saturated carbocycles. The van der Waals surface area contributed by atoms with Gasteiger partial charge < -0.3 is 10.8 Å². The lowest BCUT2D eigenvalue weighted by molar-refractivity contribution is -0.138. The van der Waals surface area contributed by atoms with Crippen LogP contribution in [0.15, 0.2) is 4.99 Å². The Morgan fingerprint density at radius 1 is 1.89 bits per heavy atom. The van der Waals surface area contributed by atoms with Crippen LogP contribution in [-0.2, 0) is 9.59 Å². The topological polar surface area (TPSA) is 92.8 Å². The Morgan fingerprint density at radius 2 is 2.44 bits per heavy atom. The van der Waals surface area contributed by atoms with Gasteiger partial charge in [-0.2, -0.15) is 4.99 Å². The van der Waals surface area contributed by atoms with Crippen molar-refractivity contribution >= 4 is 12.0 Å². The molecule has 50 valence electrons. The van der Waals surface area contributed by atoms with Gasteiger partial charge in [0.25, 0.3) is 0 Å². The molecule has 0 radical (unpaired) electrons. The number of hydrogen-bond acceptors (Lipinski definition) is 4. The second kappa shape index (κ2) is 3.77. The van der Waals surface area contributed by atoms with Gasteiger partial charge in [-0.05, 0) is 0 Å². The van der Waals surface area contributed by atoms with Gasteiger partial charge in [0.05, 0.1) is 0 Å². The number of aliphatic carboxylic acids is 1. The molecule has 0 aromatic heterocycles. The SMILES string of the molecule is NCC(N=C=O)C(=O)O. The summed E-state index contributed by atoms with van der Waals surface area (Å²) >= 11 is 0. The van der Waals surface area contributed by atoms with E-state index < -0.39 is 12.0 Å². The molecule has 0 aromatic rings. The van der Waals surface area contributed by atoms with Crippen LogP contribution in [0.2, 0.25) is 0 Å². The highest BCUT2D eigenvalue weighted by Crippen LogP contribution is 1.84. The maximum absolute atomic E-state index is 9.97. The van der Waals surface area contributed by atoms with Gasteiger partial charge in [-0.1, -0.05) is 0 Å².